The van der Waals surface area contributed by atoms with Crippen molar-refractivity contribution in [1.29, 1.82) is 0 Å². The number of ether oxygens (including phenoxy) is 2. The molecule has 2 aromatic rings. The number of fused-ring (bicyclic) bond motifs is 1. The minimum atomic E-state index is -0.195. The van der Waals surface area contributed by atoms with Crippen molar-refractivity contribution in [2.75, 3.05) is 39.9 Å². The third kappa shape index (κ3) is 2.76. The van der Waals surface area contributed by atoms with Gasteiger partial charge in [0, 0.05) is 30.1 Å². The van der Waals surface area contributed by atoms with Gasteiger partial charge >= 0.3 is 0 Å². The molecule has 1 spiro atoms. The zero-order chi connectivity index (χ0) is 16.6. The van der Waals surface area contributed by atoms with Crippen LogP contribution < -0.4 is 10.1 Å². The van der Waals surface area contributed by atoms with Crippen LogP contribution in [0.2, 0.25) is 0 Å². The van der Waals surface area contributed by atoms with Crippen LogP contribution in [0.3, 0.4) is 0 Å². The van der Waals surface area contributed by atoms with Crippen LogP contribution >= 0.6 is 0 Å². The molecule has 1 atom stereocenters. The molecule has 4 rings (SSSR count). The fourth-order valence-electron chi connectivity index (χ4n) is 3.64. The first-order chi connectivity index (χ1) is 11.7. The Morgan fingerprint density at radius 1 is 1.46 bits per heavy atom. The number of benzene rings is 1. The van der Waals surface area contributed by atoms with Gasteiger partial charge < -0.3 is 24.1 Å². The molecule has 1 N–H and O–H groups in total. The summed E-state index contributed by atoms with van der Waals surface area (Å²) in [6.07, 6.45) is 2.99. The van der Waals surface area contributed by atoms with Crippen molar-refractivity contribution in [1.82, 2.24) is 10.2 Å². The molecule has 1 aromatic heterocycles. The molecule has 128 valence electrons. The fourth-order valence-corrected chi connectivity index (χ4v) is 3.64. The summed E-state index contributed by atoms with van der Waals surface area (Å²) in [6, 6.07) is 5.68. The standard InChI is InChI=1S/C18H22N2O4/c1-22-14-2-3-15-13(10-23-16(15)9-14)8-17(21)20-6-7-24-18(12-20)4-5-19-11-18/h2-3,9-10,19H,4-8,11-12H2,1H3. The van der Waals surface area contributed by atoms with Gasteiger partial charge in [-0.2, -0.15) is 0 Å². The summed E-state index contributed by atoms with van der Waals surface area (Å²) in [5.41, 5.74) is 1.47. The Morgan fingerprint density at radius 3 is 3.17 bits per heavy atom. The highest BCUT2D eigenvalue weighted by molar-refractivity contribution is 5.88. The van der Waals surface area contributed by atoms with Crippen LogP contribution in [0.5, 0.6) is 5.75 Å². The number of morpholine rings is 1. The number of carbonyl (C=O) groups excluding carboxylic acids is 1. The average molecular weight is 330 g/mol. The summed E-state index contributed by atoms with van der Waals surface area (Å²) in [4.78, 5) is 14.7. The second kappa shape index (κ2) is 6.11. The third-order valence-corrected chi connectivity index (χ3v) is 5.01. The zero-order valence-corrected chi connectivity index (χ0v) is 13.8. The highest BCUT2D eigenvalue weighted by Gasteiger charge is 2.40. The molecule has 6 nitrogen and oxygen atoms in total. The van der Waals surface area contributed by atoms with Gasteiger partial charge in [0.15, 0.2) is 0 Å². The molecular weight excluding hydrogens is 308 g/mol. The van der Waals surface area contributed by atoms with E-state index < -0.39 is 0 Å². The Hall–Kier alpha value is -2.05. The van der Waals surface area contributed by atoms with E-state index in [1.54, 1.807) is 13.4 Å². The van der Waals surface area contributed by atoms with Gasteiger partial charge in [-0.15, -0.1) is 0 Å². The van der Waals surface area contributed by atoms with Gasteiger partial charge in [-0.25, -0.2) is 0 Å². The molecule has 2 saturated heterocycles. The number of rotatable bonds is 3. The van der Waals surface area contributed by atoms with E-state index in [1.165, 1.54) is 0 Å². The molecule has 1 unspecified atom stereocenters. The van der Waals surface area contributed by atoms with Gasteiger partial charge in [-0.3, -0.25) is 4.79 Å². The first-order valence-corrected chi connectivity index (χ1v) is 8.36. The van der Waals surface area contributed by atoms with E-state index in [-0.39, 0.29) is 11.5 Å². The van der Waals surface area contributed by atoms with E-state index in [2.05, 4.69) is 5.32 Å². The van der Waals surface area contributed by atoms with E-state index in [9.17, 15) is 4.79 Å². The number of furan rings is 1. The van der Waals surface area contributed by atoms with Crippen molar-refractivity contribution in [3.8, 4) is 5.75 Å². The monoisotopic (exact) mass is 330 g/mol. The summed E-state index contributed by atoms with van der Waals surface area (Å²) in [7, 11) is 1.63. The van der Waals surface area contributed by atoms with Crippen molar-refractivity contribution >= 4 is 16.9 Å². The number of hydrogen-bond acceptors (Lipinski definition) is 5. The number of nitrogens with zero attached hydrogens (tertiary/aromatic N) is 1. The number of amides is 1. The molecule has 0 aliphatic carbocycles. The second-order valence-corrected chi connectivity index (χ2v) is 6.57. The van der Waals surface area contributed by atoms with Crippen molar-refractivity contribution in [2.24, 2.45) is 0 Å². The highest BCUT2D eigenvalue weighted by atomic mass is 16.5. The summed E-state index contributed by atoms with van der Waals surface area (Å²) in [5.74, 6) is 0.877. The van der Waals surface area contributed by atoms with Gasteiger partial charge in [0.1, 0.15) is 11.3 Å². The largest absolute Gasteiger partial charge is 0.497 e. The Bertz CT molecular complexity index is 749. The van der Waals surface area contributed by atoms with E-state index in [0.717, 1.165) is 41.8 Å². The van der Waals surface area contributed by atoms with Crippen LogP contribution in [-0.4, -0.2) is 56.3 Å². The van der Waals surface area contributed by atoms with E-state index in [4.69, 9.17) is 13.9 Å². The maximum Gasteiger partial charge on any atom is 0.227 e. The van der Waals surface area contributed by atoms with E-state index >= 15 is 0 Å². The Balaban J connectivity index is 1.49. The van der Waals surface area contributed by atoms with Crippen molar-refractivity contribution < 1.29 is 18.7 Å². The molecule has 1 amide bonds. The predicted molar refractivity (Wildman–Crippen MR) is 89.2 cm³/mol. The quantitative estimate of drug-likeness (QED) is 0.926. The van der Waals surface area contributed by atoms with Gasteiger partial charge in [-0.05, 0) is 25.1 Å². The summed E-state index contributed by atoms with van der Waals surface area (Å²) in [5, 5.41) is 4.30. The Morgan fingerprint density at radius 2 is 2.38 bits per heavy atom. The lowest BCUT2D eigenvalue weighted by atomic mass is 10.00. The maximum atomic E-state index is 12.8. The Labute approximate surface area is 140 Å². The molecule has 6 heteroatoms. The first kappa shape index (κ1) is 15.5. The van der Waals surface area contributed by atoms with Gasteiger partial charge in [0.25, 0.3) is 0 Å². The lowest BCUT2D eigenvalue weighted by molar-refractivity contribution is -0.147. The van der Waals surface area contributed by atoms with Crippen molar-refractivity contribution in [3.63, 3.8) is 0 Å². The molecule has 0 bridgehead atoms. The maximum absolute atomic E-state index is 12.8. The van der Waals surface area contributed by atoms with Crippen molar-refractivity contribution in [2.45, 2.75) is 18.4 Å². The highest BCUT2D eigenvalue weighted by Crippen LogP contribution is 2.28. The molecule has 3 heterocycles. The topological polar surface area (TPSA) is 63.9 Å². The molecule has 2 fully saturated rings. The van der Waals surface area contributed by atoms with Crippen LogP contribution in [0.1, 0.15) is 12.0 Å². The van der Waals surface area contributed by atoms with Crippen LogP contribution in [0.4, 0.5) is 0 Å². The molecule has 24 heavy (non-hydrogen) atoms. The molecule has 2 aliphatic rings. The molecule has 0 saturated carbocycles. The van der Waals surface area contributed by atoms with E-state index in [1.807, 2.05) is 23.1 Å². The van der Waals surface area contributed by atoms with Gasteiger partial charge in [0.05, 0.1) is 38.5 Å². The Kier molecular flexibility index (Phi) is 3.94. The van der Waals surface area contributed by atoms with Crippen molar-refractivity contribution in [3.05, 3.63) is 30.0 Å². The lowest BCUT2D eigenvalue weighted by Crippen LogP contribution is -2.55. The molecular formula is C18H22N2O4. The SMILES string of the molecule is COc1ccc2c(CC(=O)N3CCOC4(CCNC4)C3)coc2c1. The van der Waals surface area contributed by atoms with E-state index in [0.29, 0.717) is 26.1 Å². The van der Waals surface area contributed by atoms with Gasteiger partial charge in [-0.1, -0.05) is 0 Å². The third-order valence-electron chi connectivity index (χ3n) is 5.01. The first-order valence-electron chi connectivity index (χ1n) is 8.36. The average Bonchev–Trinajstić information content (AvgIpc) is 3.22. The molecule has 2 aliphatic heterocycles. The minimum absolute atomic E-state index is 0.128. The fraction of sp³-hybridized carbons (Fsp3) is 0.500. The number of carbonyl (C=O) groups is 1. The van der Waals surface area contributed by atoms with Crippen LogP contribution in [-0.2, 0) is 16.0 Å². The predicted octanol–water partition coefficient (Wildman–Crippen LogP) is 1.57. The number of methoxy groups -OCH3 is 1. The van der Waals surface area contributed by atoms with Crippen LogP contribution in [0.15, 0.2) is 28.9 Å². The van der Waals surface area contributed by atoms with Crippen LogP contribution in [0, 0.1) is 0 Å². The number of nitrogens with one attached hydrogen (secondary N) is 1. The second-order valence-electron chi connectivity index (χ2n) is 6.57. The summed E-state index contributed by atoms with van der Waals surface area (Å²) < 4.78 is 16.7. The summed E-state index contributed by atoms with van der Waals surface area (Å²) >= 11 is 0. The smallest absolute Gasteiger partial charge is 0.227 e. The number of hydrogen-bond donors (Lipinski definition) is 1. The lowest BCUT2D eigenvalue weighted by Gasteiger charge is -2.40. The zero-order valence-electron chi connectivity index (χ0n) is 13.8. The van der Waals surface area contributed by atoms with Crippen LogP contribution in [0.25, 0.3) is 11.0 Å². The molecule has 1 aromatic carbocycles. The summed E-state index contributed by atoms with van der Waals surface area (Å²) in [6.45, 7) is 3.71. The molecule has 0 radical (unpaired) electrons. The minimum Gasteiger partial charge on any atom is -0.497 e. The van der Waals surface area contributed by atoms with Gasteiger partial charge in [0.2, 0.25) is 5.91 Å². The normalized spacial score (nSPS) is 24.0.